The first kappa shape index (κ1) is 22.9. The first-order chi connectivity index (χ1) is 11.8. The summed E-state index contributed by atoms with van der Waals surface area (Å²) in [5.41, 5.74) is 0. The van der Waals surface area contributed by atoms with Gasteiger partial charge in [-0.15, -0.1) is 6.58 Å². The first-order valence-electron chi connectivity index (χ1n) is 10.1. The summed E-state index contributed by atoms with van der Waals surface area (Å²) in [5.74, 6) is 0. The van der Waals surface area contributed by atoms with Gasteiger partial charge in [0.05, 0.1) is 6.07 Å². The summed E-state index contributed by atoms with van der Waals surface area (Å²) >= 11 is 0. The number of nitrogens with zero attached hydrogens (tertiary/aromatic N) is 2. The van der Waals surface area contributed by atoms with Crippen LogP contribution < -0.4 is 0 Å². The molecule has 0 aromatic rings. The zero-order chi connectivity index (χ0) is 17.7. The summed E-state index contributed by atoms with van der Waals surface area (Å²) in [7, 11) is 2.12. The fraction of sp³-hybridized carbons (Fsp3) is 0.773. The van der Waals surface area contributed by atoms with E-state index in [9.17, 15) is 0 Å². The largest absolute Gasteiger partial charge is 0.305 e. The molecule has 0 N–H and O–H groups in total. The molecule has 0 heterocycles. The average Bonchev–Trinajstić information content (AvgIpc) is 2.59. The number of rotatable bonds is 18. The summed E-state index contributed by atoms with van der Waals surface area (Å²) in [6.07, 6.45) is 24.6. The highest BCUT2D eigenvalue weighted by Gasteiger charge is 1.97. The van der Waals surface area contributed by atoms with Gasteiger partial charge in [0.2, 0.25) is 0 Å². The van der Waals surface area contributed by atoms with Gasteiger partial charge in [-0.25, -0.2) is 0 Å². The molecule has 0 aliphatic rings. The third-order valence-electron chi connectivity index (χ3n) is 4.46. The van der Waals surface area contributed by atoms with E-state index < -0.39 is 0 Å². The van der Waals surface area contributed by atoms with Crippen molar-refractivity contribution in [2.45, 2.75) is 89.9 Å². The zero-order valence-electron chi connectivity index (χ0n) is 16.1. The van der Waals surface area contributed by atoms with Crippen molar-refractivity contribution >= 4 is 0 Å². The molecular weight excluding hydrogens is 292 g/mol. The van der Waals surface area contributed by atoms with Gasteiger partial charge in [-0.1, -0.05) is 56.8 Å². The standard InChI is InChI=1S/C22H40N2/c1-3-4-5-6-7-8-9-10-11-12-13-14-15-16-17-18-21-24(2)22-19-20-23/h3,10-11H,1,4-9,12-19,21-22H2,2H3/b11-10-. The van der Waals surface area contributed by atoms with Crippen molar-refractivity contribution in [1.82, 2.24) is 4.90 Å². The van der Waals surface area contributed by atoms with E-state index in [0.717, 1.165) is 13.1 Å². The van der Waals surface area contributed by atoms with Crippen LogP contribution in [0.5, 0.6) is 0 Å². The van der Waals surface area contributed by atoms with E-state index in [1.54, 1.807) is 0 Å². The molecule has 0 radical (unpaired) electrons. The number of unbranched alkanes of at least 4 members (excludes halogenated alkanes) is 11. The summed E-state index contributed by atoms with van der Waals surface area (Å²) in [5, 5.41) is 8.54. The maximum atomic E-state index is 8.54. The lowest BCUT2D eigenvalue weighted by atomic mass is 10.1. The molecule has 2 heteroatoms. The van der Waals surface area contributed by atoms with Gasteiger partial charge in [-0.3, -0.25) is 0 Å². The van der Waals surface area contributed by atoms with Gasteiger partial charge in [0.15, 0.2) is 0 Å². The molecule has 0 unspecified atom stereocenters. The van der Waals surface area contributed by atoms with Crippen molar-refractivity contribution in [3.63, 3.8) is 0 Å². The van der Waals surface area contributed by atoms with Crippen LogP contribution in [-0.2, 0) is 0 Å². The minimum Gasteiger partial charge on any atom is -0.305 e. The van der Waals surface area contributed by atoms with Gasteiger partial charge in [0, 0.05) is 13.0 Å². The van der Waals surface area contributed by atoms with Crippen molar-refractivity contribution in [3.05, 3.63) is 24.8 Å². The Balaban J connectivity index is 3.15. The van der Waals surface area contributed by atoms with Gasteiger partial charge in [-0.2, -0.15) is 5.26 Å². The summed E-state index contributed by atoms with van der Waals surface area (Å²) in [6, 6.07) is 2.20. The number of allylic oxidation sites excluding steroid dienone is 3. The first-order valence-corrected chi connectivity index (χ1v) is 10.1. The zero-order valence-corrected chi connectivity index (χ0v) is 16.1. The molecule has 24 heavy (non-hydrogen) atoms. The third kappa shape index (κ3) is 19.0. The normalized spacial score (nSPS) is 11.2. The Kier molecular flexibility index (Phi) is 19.1. The van der Waals surface area contributed by atoms with E-state index >= 15 is 0 Å². The molecule has 0 atom stereocenters. The van der Waals surface area contributed by atoms with Gasteiger partial charge < -0.3 is 4.90 Å². The molecule has 0 fully saturated rings. The maximum Gasteiger partial charge on any atom is 0.0635 e. The molecule has 0 rings (SSSR count). The third-order valence-corrected chi connectivity index (χ3v) is 4.46. The highest BCUT2D eigenvalue weighted by atomic mass is 15.1. The molecule has 0 aromatic heterocycles. The van der Waals surface area contributed by atoms with E-state index in [4.69, 9.17) is 5.26 Å². The van der Waals surface area contributed by atoms with Gasteiger partial charge in [0.1, 0.15) is 0 Å². The fourth-order valence-electron chi connectivity index (χ4n) is 2.84. The van der Waals surface area contributed by atoms with Crippen molar-refractivity contribution < 1.29 is 0 Å². The Morgan fingerprint density at radius 2 is 1.25 bits per heavy atom. The van der Waals surface area contributed by atoms with Crippen LogP contribution in [0.2, 0.25) is 0 Å². The van der Waals surface area contributed by atoms with E-state index in [-0.39, 0.29) is 0 Å². The van der Waals surface area contributed by atoms with Crippen LogP contribution in [0.15, 0.2) is 24.8 Å². The maximum absolute atomic E-state index is 8.54. The average molecular weight is 333 g/mol. The van der Waals surface area contributed by atoms with Crippen LogP contribution in [0.3, 0.4) is 0 Å². The van der Waals surface area contributed by atoms with E-state index in [1.165, 1.54) is 83.5 Å². The summed E-state index contributed by atoms with van der Waals surface area (Å²) in [4.78, 5) is 2.27. The molecule has 0 aliphatic heterocycles. The molecule has 0 amide bonds. The molecule has 0 aliphatic carbocycles. The number of nitriles is 1. The molecule has 0 saturated heterocycles. The van der Waals surface area contributed by atoms with Crippen LogP contribution in [0, 0.1) is 11.3 Å². The molecular formula is C22H40N2. The topological polar surface area (TPSA) is 27.0 Å². The second-order valence-corrected chi connectivity index (χ2v) is 6.87. The second kappa shape index (κ2) is 20.0. The van der Waals surface area contributed by atoms with Crippen LogP contribution in [0.25, 0.3) is 0 Å². The van der Waals surface area contributed by atoms with Crippen LogP contribution in [0.4, 0.5) is 0 Å². The SMILES string of the molecule is C=CCCCCCC/C=C\CCCCCCCCN(C)CCC#N. The minimum absolute atomic E-state index is 0.652. The van der Waals surface area contributed by atoms with E-state index in [0.29, 0.717) is 6.42 Å². The van der Waals surface area contributed by atoms with E-state index in [1.807, 2.05) is 6.08 Å². The second-order valence-electron chi connectivity index (χ2n) is 6.87. The monoisotopic (exact) mass is 332 g/mol. The van der Waals surface area contributed by atoms with Crippen molar-refractivity contribution in [2.75, 3.05) is 20.1 Å². The van der Waals surface area contributed by atoms with Crippen molar-refractivity contribution in [1.29, 1.82) is 5.26 Å². The summed E-state index contributed by atoms with van der Waals surface area (Å²) in [6.45, 7) is 5.81. The predicted molar refractivity (Wildman–Crippen MR) is 107 cm³/mol. The lowest BCUT2D eigenvalue weighted by Gasteiger charge is -2.14. The number of hydrogen-bond acceptors (Lipinski definition) is 2. The van der Waals surface area contributed by atoms with E-state index in [2.05, 4.69) is 36.7 Å². The Morgan fingerprint density at radius 3 is 1.79 bits per heavy atom. The highest BCUT2D eigenvalue weighted by Crippen LogP contribution is 2.09. The molecule has 2 nitrogen and oxygen atoms in total. The van der Waals surface area contributed by atoms with Crippen molar-refractivity contribution in [2.24, 2.45) is 0 Å². The fourth-order valence-corrected chi connectivity index (χ4v) is 2.84. The van der Waals surface area contributed by atoms with Crippen LogP contribution >= 0.6 is 0 Å². The van der Waals surface area contributed by atoms with Gasteiger partial charge >= 0.3 is 0 Å². The number of hydrogen-bond donors (Lipinski definition) is 0. The quantitative estimate of drug-likeness (QED) is 0.208. The Hall–Kier alpha value is -1.07. The van der Waals surface area contributed by atoms with Crippen LogP contribution in [0.1, 0.15) is 89.9 Å². The Bertz CT molecular complexity index is 327. The molecule has 0 spiro atoms. The molecule has 0 saturated carbocycles. The molecule has 0 aromatic carbocycles. The van der Waals surface area contributed by atoms with Gasteiger partial charge in [-0.05, 0) is 58.5 Å². The Morgan fingerprint density at radius 1 is 0.750 bits per heavy atom. The highest BCUT2D eigenvalue weighted by molar-refractivity contribution is 4.81. The van der Waals surface area contributed by atoms with Crippen molar-refractivity contribution in [3.8, 4) is 6.07 Å². The smallest absolute Gasteiger partial charge is 0.0635 e. The Labute approximate surface area is 151 Å². The molecule has 138 valence electrons. The lowest BCUT2D eigenvalue weighted by molar-refractivity contribution is 0.331. The van der Waals surface area contributed by atoms with Crippen LogP contribution in [-0.4, -0.2) is 25.0 Å². The minimum atomic E-state index is 0.652. The molecule has 0 bridgehead atoms. The lowest BCUT2D eigenvalue weighted by Crippen LogP contribution is -2.20. The predicted octanol–water partition coefficient (Wildman–Crippen LogP) is 6.65. The summed E-state index contributed by atoms with van der Waals surface area (Å²) < 4.78 is 0. The van der Waals surface area contributed by atoms with Gasteiger partial charge in [0.25, 0.3) is 0 Å².